The Hall–Kier alpha value is -1.37. The van der Waals surface area contributed by atoms with Gasteiger partial charge in [0, 0.05) is 21.3 Å². The van der Waals surface area contributed by atoms with Crippen molar-refractivity contribution >= 4 is 33.3 Å². The van der Waals surface area contributed by atoms with Crippen LogP contribution in [-0.4, -0.2) is 30.6 Å². The number of hydrogen-bond acceptors (Lipinski definition) is 3. The van der Waals surface area contributed by atoms with E-state index in [-0.39, 0.29) is 12.1 Å². The van der Waals surface area contributed by atoms with Gasteiger partial charge in [-0.25, -0.2) is 4.79 Å². The van der Waals surface area contributed by atoms with E-state index in [1.807, 2.05) is 17.5 Å². The SMILES string of the molecule is O=C(NCc1cc(Br)cs1)NCC(c1ccccc1)N1CCCC1. The van der Waals surface area contributed by atoms with Crippen molar-refractivity contribution in [2.75, 3.05) is 19.6 Å². The van der Waals surface area contributed by atoms with Gasteiger partial charge in [0.15, 0.2) is 0 Å². The van der Waals surface area contributed by atoms with Crippen molar-refractivity contribution in [3.05, 3.63) is 56.7 Å². The van der Waals surface area contributed by atoms with Crippen LogP contribution in [-0.2, 0) is 6.54 Å². The molecule has 1 aromatic carbocycles. The zero-order valence-corrected chi connectivity index (χ0v) is 15.9. The van der Waals surface area contributed by atoms with Crippen LogP contribution in [0.2, 0.25) is 0 Å². The smallest absolute Gasteiger partial charge is 0.315 e. The van der Waals surface area contributed by atoms with Crippen LogP contribution in [0.15, 0.2) is 46.3 Å². The average molecular weight is 408 g/mol. The maximum absolute atomic E-state index is 12.1. The zero-order chi connectivity index (χ0) is 16.8. The topological polar surface area (TPSA) is 44.4 Å². The number of thiophene rings is 1. The summed E-state index contributed by atoms with van der Waals surface area (Å²) in [5.41, 5.74) is 1.27. The minimum absolute atomic E-state index is 0.111. The molecule has 1 saturated heterocycles. The fourth-order valence-electron chi connectivity index (χ4n) is 3.05. The summed E-state index contributed by atoms with van der Waals surface area (Å²) >= 11 is 5.06. The number of nitrogens with one attached hydrogen (secondary N) is 2. The molecule has 6 heteroatoms. The van der Waals surface area contributed by atoms with Crippen LogP contribution in [0.25, 0.3) is 0 Å². The first-order chi connectivity index (χ1) is 11.7. The van der Waals surface area contributed by atoms with E-state index in [2.05, 4.69) is 55.7 Å². The van der Waals surface area contributed by atoms with Crippen molar-refractivity contribution in [3.63, 3.8) is 0 Å². The monoisotopic (exact) mass is 407 g/mol. The third kappa shape index (κ3) is 4.82. The Labute approximate surface area is 155 Å². The molecule has 1 unspecified atom stereocenters. The molecule has 1 aromatic heterocycles. The number of hydrogen-bond donors (Lipinski definition) is 2. The van der Waals surface area contributed by atoms with E-state index in [1.165, 1.54) is 18.4 Å². The van der Waals surface area contributed by atoms with Gasteiger partial charge < -0.3 is 10.6 Å². The largest absolute Gasteiger partial charge is 0.336 e. The summed E-state index contributed by atoms with van der Waals surface area (Å²) in [6, 6.07) is 12.6. The third-order valence-corrected chi connectivity index (χ3v) is 5.96. The average Bonchev–Trinajstić information content (AvgIpc) is 3.26. The number of urea groups is 1. The summed E-state index contributed by atoms with van der Waals surface area (Å²) in [5, 5.41) is 7.99. The lowest BCUT2D eigenvalue weighted by atomic mass is 10.1. The number of carbonyl (C=O) groups excluding carboxylic acids is 1. The minimum atomic E-state index is -0.111. The normalized spacial score (nSPS) is 16.0. The van der Waals surface area contributed by atoms with Gasteiger partial charge in [-0.1, -0.05) is 30.3 Å². The predicted octanol–water partition coefficient (Wildman–Crippen LogP) is 4.15. The van der Waals surface area contributed by atoms with Crippen molar-refractivity contribution in [3.8, 4) is 0 Å². The molecule has 4 nitrogen and oxygen atoms in total. The Balaban J connectivity index is 1.54. The summed E-state index contributed by atoms with van der Waals surface area (Å²) in [5.74, 6) is 0. The molecule has 24 heavy (non-hydrogen) atoms. The van der Waals surface area contributed by atoms with E-state index >= 15 is 0 Å². The second-order valence-electron chi connectivity index (χ2n) is 5.96. The summed E-state index contributed by atoms with van der Waals surface area (Å²) in [6.45, 7) is 3.39. The highest BCUT2D eigenvalue weighted by molar-refractivity contribution is 9.10. The van der Waals surface area contributed by atoms with Gasteiger partial charge in [0.05, 0.1) is 12.6 Å². The van der Waals surface area contributed by atoms with Crippen molar-refractivity contribution in [2.24, 2.45) is 0 Å². The summed E-state index contributed by atoms with van der Waals surface area (Å²) in [7, 11) is 0. The number of likely N-dealkylation sites (tertiary alicyclic amines) is 1. The molecule has 2 N–H and O–H groups in total. The van der Waals surface area contributed by atoms with Gasteiger partial charge in [0.1, 0.15) is 0 Å². The van der Waals surface area contributed by atoms with E-state index in [0.717, 1.165) is 22.4 Å². The Morgan fingerprint density at radius 2 is 1.96 bits per heavy atom. The van der Waals surface area contributed by atoms with Gasteiger partial charge >= 0.3 is 6.03 Å². The molecule has 1 atom stereocenters. The van der Waals surface area contributed by atoms with Crippen LogP contribution in [0.4, 0.5) is 4.79 Å². The Kier molecular flexibility index (Phi) is 6.29. The van der Waals surface area contributed by atoms with E-state index in [1.54, 1.807) is 11.3 Å². The Morgan fingerprint density at radius 3 is 2.62 bits per heavy atom. The lowest BCUT2D eigenvalue weighted by molar-refractivity contribution is 0.220. The maximum Gasteiger partial charge on any atom is 0.315 e. The molecular weight excluding hydrogens is 386 g/mol. The van der Waals surface area contributed by atoms with Gasteiger partial charge in [0.25, 0.3) is 0 Å². The molecule has 0 aliphatic carbocycles. The minimum Gasteiger partial charge on any atom is -0.336 e. The number of nitrogens with zero attached hydrogens (tertiary/aromatic N) is 1. The van der Waals surface area contributed by atoms with Crippen molar-refractivity contribution in [2.45, 2.75) is 25.4 Å². The van der Waals surface area contributed by atoms with E-state index in [4.69, 9.17) is 0 Å². The molecule has 0 radical (unpaired) electrons. The molecular formula is C18H22BrN3OS. The van der Waals surface area contributed by atoms with E-state index in [0.29, 0.717) is 13.1 Å². The standard InChI is InChI=1S/C18H22BrN3OS/c19-15-10-16(24-13-15)11-20-18(23)21-12-17(22-8-4-5-9-22)14-6-2-1-3-7-14/h1-3,6-7,10,13,17H,4-5,8-9,11-12H2,(H2,20,21,23). The quantitative estimate of drug-likeness (QED) is 0.755. The van der Waals surface area contributed by atoms with Crippen LogP contribution >= 0.6 is 27.3 Å². The Bertz CT molecular complexity index is 655. The second kappa shape index (κ2) is 8.65. The molecule has 2 heterocycles. The summed E-state index contributed by atoms with van der Waals surface area (Å²) < 4.78 is 1.06. The molecule has 2 aromatic rings. The number of rotatable bonds is 6. The van der Waals surface area contributed by atoms with Crippen LogP contribution in [0, 0.1) is 0 Å². The first-order valence-corrected chi connectivity index (χ1v) is 9.93. The van der Waals surface area contributed by atoms with Crippen molar-refractivity contribution < 1.29 is 4.79 Å². The van der Waals surface area contributed by atoms with E-state index < -0.39 is 0 Å². The maximum atomic E-state index is 12.1. The highest BCUT2D eigenvalue weighted by Gasteiger charge is 2.23. The second-order valence-corrected chi connectivity index (χ2v) is 7.88. The zero-order valence-electron chi connectivity index (χ0n) is 13.5. The fourth-order valence-corrected chi connectivity index (χ4v) is 4.44. The van der Waals surface area contributed by atoms with E-state index in [9.17, 15) is 4.79 Å². The summed E-state index contributed by atoms with van der Waals surface area (Å²) in [4.78, 5) is 15.7. The van der Waals surface area contributed by atoms with Gasteiger partial charge in [-0.3, -0.25) is 4.90 Å². The number of benzene rings is 1. The van der Waals surface area contributed by atoms with Crippen molar-refractivity contribution in [1.82, 2.24) is 15.5 Å². The van der Waals surface area contributed by atoms with Gasteiger partial charge in [0.2, 0.25) is 0 Å². The van der Waals surface area contributed by atoms with Crippen molar-refractivity contribution in [1.29, 1.82) is 0 Å². The first-order valence-electron chi connectivity index (χ1n) is 8.26. The molecule has 1 fully saturated rings. The summed E-state index contributed by atoms with van der Waals surface area (Å²) in [6.07, 6.45) is 2.48. The molecule has 1 aliphatic heterocycles. The predicted molar refractivity (Wildman–Crippen MR) is 102 cm³/mol. The highest BCUT2D eigenvalue weighted by Crippen LogP contribution is 2.24. The molecule has 1 aliphatic rings. The molecule has 3 rings (SSSR count). The van der Waals surface area contributed by atoms with Gasteiger partial charge in [-0.2, -0.15) is 0 Å². The van der Waals surface area contributed by atoms with Gasteiger partial charge in [-0.05, 0) is 53.5 Å². The van der Waals surface area contributed by atoms with Crippen LogP contribution < -0.4 is 10.6 Å². The molecule has 0 bridgehead atoms. The number of halogens is 1. The lowest BCUT2D eigenvalue weighted by Gasteiger charge is -2.28. The highest BCUT2D eigenvalue weighted by atomic mass is 79.9. The van der Waals surface area contributed by atoms with Crippen LogP contribution in [0.1, 0.15) is 29.3 Å². The number of amides is 2. The first kappa shape index (κ1) is 17.5. The van der Waals surface area contributed by atoms with Crippen LogP contribution in [0.5, 0.6) is 0 Å². The fraction of sp³-hybridized carbons (Fsp3) is 0.389. The van der Waals surface area contributed by atoms with Gasteiger partial charge in [-0.15, -0.1) is 11.3 Å². The molecule has 2 amide bonds. The third-order valence-electron chi connectivity index (χ3n) is 4.27. The molecule has 0 spiro atoms. The number of carbonyl (C=O) groups is 1. The Morgan fingerprint density at radius 1 is 1.21 bits per heavy atom. The molecule has 128 valence electrons. The lowest BCUT2D eigenvalue weighted by Crippen LogP contribution is -2.41. The molecule has 0 saturated carbocycles. The van der Waals surface area contributed by atoms with Crippen LogP contribution in [0.3, 0.4) is 0 Å².